The third kappa shape index (κ3) is 55.7. The molecule has 120 heavy (non-hydrogen) atoms. The van der Waals surface area contributed by atoms with Gasteiger partial charge in [-0.25, -0.2) is 8.42 Å². The van der Waals surface area contributed by atoms with E-state index in [4.69, 9.17) is 33.2 Å². The smallest absolute Gasteiger partial charge is 1.00 e. The fraction of sp³-hybridized carbons (Fsp3) is 0.429. The van der Waals surface area contributed by atoms with Crippen molar-refractivity contribution >= 4 is 80.2 Å². The first-order valence-electron chi connectivity index (χ1n) is 38.9. The average Bonchev–Trinajstić information content (AvgIpc) is 0.633. The molecule has 8 aromatic rings. The van der Waals surface area contributed by atoms with Crippen molar-refractivity contribution in [1.29, 1.82) is 0 Å². The van der Waals surface area contributed by atoms with Crippen molar-refractivity contribution in [3.8, 4) is 23.0 Å². The molecule has 0 heterocycles. The van der Waals surface area contributed by atoms with Gasteiger partial charge in [0.2, 0.25) is 0 Å². The van der Waals surface area contributed by atoms with E-state index in [9.17, 15) is 84.3 Å². The van der Waals surface area contributed by atoms with Crippen LogP contribution < -0.4 is 106 Å². The summed E-state index contributed by atoms with van der Waals surface area (Å²) in [6, 6.07) is 80.3. The van der Waals surface area contributed by atoms with Crippen molar-refractivity contribution < 1.29 is 173 Å². The van der Waals surface area contributed by atoms with E-state index in [0.717, 1.165) is 52.6 Å². The van der Waals surface area contributed by atoms with Crippen LogP contribution in [0.4, 0.5) is 71.3 Å². The first kappa shape index (κ1) is 113. The van der Waals surface area contributed by atoms with Gasteiger partial charge < -0.3 is 23.5 Å². The van der Waals surface area contributed by atoms with E-state index in [1.54, 1.807) is 21.3 Å². The fourth-order valence-corrected chi connectivity index (χ4v) is 24.3. The molecule has 0 radical (unpaired) electrons. The van der Waals surface area contributed by atoms with E-state index >= 15 is 0 Å². The molecule has 0 bridgehead atoms. The summed E-state index contributed by atoms with van der Waals surface area (Å²) in [4.78, 5) is 0. The van der Waals surface area contributed by atoms with Gasteiger partial charge in [0.15, 0.2) is 0 Å². The Morgan fingerprint density at radius 1 is 0.392 bits per heavy atom. The van der Waals surface area contributed by atoms with E-state index in [2.05, 4.69) is 227 Å². The van der Waals surface area contributed by atoms with Crippen LogP contribution in [0, 0.1) is 13.1 Å². The van der Waals surface area contributed by atoms with Gasteiger partial charge in [0.05, 0.1) is 48.9 Å². The number of hydrogen-bond donors (Lipinski definition) is 0. The van der Waals surface area contributed by atoms with Gasteiger partial charge in [-0.3, -0.25) is 0 Å². The zero-order valence-corrected chi connectivity index (χ0v) is 78.2. The van der Waals surface area contributed by atoms with Crippen LogP contribution in [-0.2, 0) is 24.3 Å². The molecule has 10 nitrogen and oxygen atoms in total. The van der Waals surface area contributed by atoms with Gasteiger partial charge in [0.25, 0.3) is 0 Å². The van der Waals surface area contributed by atoms with Crippen molar-refractivity contribution in [3.05, 3.63) is 226 Å². The van der Waals surface area contributed by atoms with Gasteiger partial charge in [0.1, 0.15) is 46.4 Å². The van der Waals surface area contributed by atoms with Gasteiger partial charge in [-0.1, -0.05) is 168 Å². The maximum atomic E-state index is 10.4. The number of benzene rings is 8. The molecule has 0 aliphatic carbocycles. The second kappa shape index (κ2) is 53.8. The number of rotatable bonds is 46. The summed E-state index contributed by atoms with van der Waals surface area (Å²) in [7, 11) is -32.4. The number of hydrogen-bond acceptors (Lipinski definition) is 10. The third-order valence-corrected chi connectivity index (χ3v) is 30.5. The topological polar surface area (TPSA) is 122 Å². The maximum absolute atomic E-state index is 10.7. The minimum absolute atomic E-state index is 0. The van der Waals surface area contributed by atoms with Crippen LogP contribution in [0.2, 0.25) is 0 Å². The first-order chi connectivity index (χ1) is 55.2. The summed E-state index contributed by atoms with van der Waals surface area (Å²) in [5.41, 5.74) is 0. The molecule has 0 spiro atoms. The molecule has 8 aromatic carbocycles. The quantitative estimate of drug-likeness (QED) is 0.00910. The molecule has 0 aliphatic heterocycles. The van der Waals surface area contributed by atoms with Gasteiger partial charge in [-0.05, 0) is 124 Å². The van der Waals surface area contributed by atoms with Crippen molar-refractivity contribution in [2.45, 2.75) is 143 Å². The molecule has 0 aromatic heterocycles. The standard InChI is InChI=1S/C45H48P2.C23H32IO4.C16H34O6S.2F6P.F5P.FH.Na/c1(2-4-24-38-46(40-26-12-6-13-27-40,41-28-14-7-15-29-41)42-30-16-8-17-31-42)3-5-25-39-47(43-32-18-9-19-33-43,44-34-20-10-21-35-44)45-36-22-11-23-37-45;1-5-6-7-8-9-10-15-28-19-13-11-18(12-14-19)24-23-21(26-3)16-20(25-2)17-22(23)27-4;1-3-5-8-16(4-2)15-22-13-12-21-11-10-20-9-6-7-14-23(17,18)19;2*1-7(2,3,4,5)6;1-6(2,3,4)5;;/h6-23,26-37H,1-5,24-25,38-39H2;11-14,16-17H,5-10,15H2,1-4H3;16H,3-15H2,1-2H3,(H,17,18,19);;;;1H;/q+2;-1;;2*-1;;;+1/p-2. The van der Waals surface area contributed by atoms with E-state index in [1.807, 2.05) is 12.1 Å². The minimum Gasteiger partial charge on any atom is -1.00 e. The molecule has 0 saturated carbocycles. The minimum atomic E-state index is -10.7. The van der Waals surface area contributed by atoms with Crippen LogP contribution in [-0.4, -0.2) is 98.6 Å². The van der Waals surface area contributed by atoms with Gasteiger partial charge in [0, 0.05) is 19.0 Å². The molecule has 8 rings (SSSR count). The Labute approximate surface area is 730 Å². The second-order valence-electron chi connectivity index (χ2n) is 27.3. The predicted molar refractivity (Wildman–Crippen MR) is 450 cm³/mol. The third-order valence-electron chi connectivity index (χ3n) is 17.7. The van der Waals surface area contributed by atoms with E-state index in [0.29, 0.717) is 51.8 Å². The monoisotopic (exact) mass is 1960 g/mol. The maximum Gasteiger partial charge on any atom is 1.00 e. The zero-order chi connectivity index (χ0) is 87.9. The Morgan fingerprint density at radius 2 is 0.692 bits per heavy atom. The van der Waals surface area contributed by atoms with Gasteiger partial charge in [-0.15, -0.1) is 0 Å². The van der Waals surface area contributed by atoms with Gasteiger partial charge in [-0.2, -0.15) is 0 Å². The number of ether oxygens (including phenoxy) is 7. The molecule has 676 valence electrons. The Hall–Kier alpha value is -4.63. The molecular weight excluding hydrogens is 1850 g/mol. The summed E-state index contributed by atoms with van der Waals surface area (Å²) in [6.07, 6.45) is 25.0. The van der Waals surface area contributed by atoms with Crippen LogP contribution >= 0.6 is 38.3 Å². The molecule has 1 atom stereocenters. The van der Waals surface area contributed by atoms with E-state index in [-0.39, 0.29) is 40.0 Å². The molecule has 0 saturated heterocycles. The zero-order valence-electron chi connectivity index (χ0n) is 68.8. The molecule has 0 aliphatic rings. The molecule has 0 amide bonds. The van der Waals surface area contributed by atoms with E-state index < -0.39 is 69.6 Å². The Kier molecular flexibility index (Phi) is 50.8. The predicted octanol–water partition coefficient (Wildman–Crippen LogP) is 18.6. The van der Waals surface area contributed by atoms with Crippen LogP contribution in [0.3, 0.4) is 0 Å². The summed E-state index contributed by atoms with van der Waals surface area (Å²) < 4.78 is 240. The second-order valence-corrected chi connectivity index (χ2v) is 44.0. The van der Waals surface area contributed by atoms with Crippen molar-refractivity contribution in [3.63, 3.8) is 0 Å². The van der Waals surface area contributed by atoms with Crippen LogP contribution in [0.15, 0.2) is 218 Å². The van der Waals surface area contributed by atoms with Crippen molar-refractivity contribution in [2.24, 2.45) is 5.92 Å². The molecule has 36 heteroatoms. The summed E-state index contributed by atoms with van der Waals surface area (Å²) in [5.74, 6) is 3.63. The number of methoxy groups -OCH3 is 3. The number of halogens is 19. The van der Waals surface area contributed by atoms with Gasteiger partial charge >= 0.3 is 298 Å². The normalized spacial score (nSPS) is 13.3. The molecular formula is C84H113F18INaO10P5S-2. The summed E-state index contributed by atoms with van der Waals surface area (Å²) in [6.45, 7) is 10.8. The van der Waals surface area contributed by atoms with Crippen LogP contribution in [0.1, 0.15) is 143 Å². The number of unbranched alkanes of at least 4 members (excludes halogenated alkanes) is 13. The van der Waals surface area contributed by atoms with Crippen LogP contribution in [0.5, 0.6) is 23.0 Å². The van der Waals surface area contributed by atoms with E-state index in [1.165, 1.54) is 144 Å². The summed E-state index contributed by atoms with van der Waals surface area (Å²) >= 11 is -0.445. The Balaban J connectivity index is 0.000000843. The first-order valence-corrected chi connectivity index (χ1v) is 52.3. The average molecular weight is 1960 g/mol. The van der Waals surface area contributed by atoms with Crippen LogP contribution in [0.25, 0.3) is 0 Å². The fourth-order valence-electron chi connectivity index (χ4n) is 12.2. The Morgan fingerprint density at radius 3 is 1.00 bits per heavy atom. The van der Waals surface area contributed by atoms with Crippen molar-refractivity contribution in [1.82, 2.24) is 0 Å². The largest absolute Gasteiger partial charge is 1.00 e. The van der Waals surface area contributed by atoms with Crippen molar-refractivity contribution in [2.75, 3.05) is 85.7 Å². The summed E-state index contributed by atoms with van der Waals surface area (Å²) in [5, 5.41) is 9.00. The Bertz CT molecular complexity index is 3730. The molecule has 1 unspecified atom stereocenters. The SMILES string of the molecule is CCCCC(CC)COCCOCCOCCCCS(=O)(=O)[O-].CCCCCCCCOc1ccc([I-]c2c(OC)cc(OC)cc2OC)cc1.FP(F)(F)(F)F.F[P-](F)(F)(F)(F)F.F[P-](F)(F)(F)(F)F.[F-].[Na+].c1ccc([P+](CCCCCCCCC[P+](c2ccccc2)(c2ccccc2)c2ccccc2)(c2ccccc2)c2ccccc2)cc1. The molecule has 0 N–H and O–H groups in total. The molecule has 0 fully saturated rings.